The van der Waals surface area contributed by atoms with Gasteiger partial charge in [-0.2, -0.15) is 4.31 Å². The predicted octanol–water partition coefficient (Wildman–Crippen LogP) is -0.506. The molecule has 0 radical (unpaired) electrons. The van der Waals surface area contributed by atoms with Crippen LogP contribution < -0.4 is 0 Å². The summed E-state index contributed by atoms with van der Waals surface area (Å²) in [7, 11) is -3.83. The molecule has 0 heterocycles. The van der Waals surface area contributed by atoms with Gasteiger partial charge in [0.15, 0.2) is 5.75 Å². The quantitative estimate of drug-likeness (QED) is 0.651. The molecule has 0 rings (SSSR count). The zero-order valence-electron chi connectivity index (χ0n) is 9.10. The third-order valence-corrected chi connectivity index (χ3v) is 3.40. The second kappa shape index (κ2) is 4.91. The number of rotatable bonds is 6. The molecule has 0 aliphatic heterocycles. The van der Waals surface area contributed by atoms with Crippen LogP contribution in [0.2, 0.25) is 0 Å². The van der Waals surface area contributed by atoms with E-state index in [0.717, 1.165) is 4.31 Å². The van der Waals surface area contributed by atoms with Gasteiger partial charge < -0.3 is 10.2 Å². The fourth-order valence-corrected chi connectivity index (χ4v) is 2.49. The van der Waals surface area contributed by atoms with E-state index in [0.29, 0.717) is 0 Å². The average Bonchev–Trinajstić information content (AvgIpc) is 1.95. The van der Waals surface area contributed by atoms with E-state index in [4.69, 9.17) is 5.11 Å². The molecule has 0 amide bonds. The normalized spacial score (nSPS) is 13.1. The number of hydrogen-bond acceptors (Lipinski definition) is 4. The van der Waals surface area contributed by atoms with E-state index < -0.39 is 27.3 Å². The summed E-state index contributed by atoms with van der Waals surface area (Å²) in [5.41, 5.74) is -1.18. The highest BCUT2D eigenvalue weighted by atomic mass is 32.2. The SMILES string of the molecule is CCN(CC(C)(C)O)S(=O)(=O)CC(=O)O. The zero-order valence-corrected chi connectivity index (χ0v) is 9.91. The third-order valence-electron chi connectivity index (χ3n) is 1.62. The third kappa shape index (κ3) is 5.71. The fraction of sp³-hybridized carbons (Fsp3) is 0.875. The lowest BCUT2D eigenvalue weighted by Crippen LogP contribution is -2.44. The van der Waals surface area contributed by atoms with Crippen LogP contribution in [0.4, 0.5) is 0 Å². The zero-order chi connectivity index (χ0) is 12.3. The second-order valence-corrected chi connectivity index (χ2v) is 5.86. The minimum absolute atomic E-state index is 0.112. The smallest absolute Gasteiger partial charge is 0.320 e. The minimum Gasteiger partial charge on any atom is -0.480 e. The topological polar surface area (TPSA) is 94.9 Å². The number of aliphatic carboxylic acids is 1. The van der Waals surface area contributed by atoms with E-state index in [9.17, 15) is 18.3 Å². The molecule has 0 aromatic heterocycles. The van der Waals surface area contributed by atoms with Gasteiger partial charge in [0, 0.05) is 13.1 Å². The van der Waals surface area contributed by atoms with Crippen molar-refractivity contribution in [1.82, 2.24) is 4.31 Å². The monoisotopic (exact) mass is 239 g/mol. The van der Waals surface area contributed by atoms with Gasteiger partial charge in [-0.1, -0.05) is 6.92 Å². The number of carboxylic acid groups (broad SMARTS) is 1. The van der Waals surface area contributed by atoms with Gasteiger partial charge in [-0.3, -0.25) is 4.79 Å². The van der Waals surface area contributed by atoms with E-state index in [-0.39, 0.29) is 13.1 Å². The summed E-state index contributed by atoms with van der Waals surface area (Å²) in [5.74, 6) is -2.35. The van der Waals surface area contributed by atoms with Crippen molar-refractivity contribution < 1.29 is 23.4 Å². The lowest BCUT2D eigenvalue weighted by atomic mass is 10.1. The molecule has 15 heavy (non-hydrogen) atoms. The maximum Gasteiger partial charge on any atom is 0.320 e. The molecule has 0 aromatic rings. The van der Waals surface area contributed by atoms with Gasteiger partial charge in [-0.15, -0.1) is 0 Å². The average molecular weight is 239 g/mol. The molecule has 90 valence electrons. The number of carboxylic acids is 1. The summed E-state index contributed by atoms with van der Waals surface area (Å²) in [6.45, 7) is 4.54. The van der Waals surface area contributed by atoms with Gasteiger partial charge in [0.05, 0.1) is 5.60 Å². The Kier molecular flexibility index (Phi) is 4.69. The van der Waals surface area contributed by atoms with Crippen LogP contribution in [-0.4, -0.2) is 53.3 Å². The predicted molar refractivity (Wildman–Crippen MR) is 55.0 cm³/mol. The lowest BCUT2D eigenvalue weighted by Gasteiger charge is -2.26. The maximum absolute atomic E-state index is 11.5. The van der Waals surface area contributed by atoms with Crippen LogP contribution in [0.5, 0.6) is 0 Å². The Balaban J connectivity index is 4.74. The fourth-order valence-electron chi connectivity index (χ4n) is 1.09. The number of sulfonamides is 1. The van der Waals surface area contributed by atoms with Gasteiger partial charge in [-0.25, -0.2) is 8.42 Å². The van der Waals surface area contributed by atoms with Crippen LogP contribution in [0.1, 0.15) is 20.8 Å². The van der Waals surface area contributed by atoms with Gasteiger partial charge in [0.2, 0.25) is 10.0 Å². The molecule has 6 nitrogen and oxygen atoms in total. The molecule has 0 saturated heterocycles. The molecular formula is C8H17NO5S. The van der Waals surface area contributed by atoms with E-state index >= 15 is 0 Å². The molecule has 0 spiro atoms. The van der Waals surface area contributed by atoms with Crippen LogP contribution in [-0.2, 0) is 14.8 Å². The molecule has 7 heteroatoms. The summed E-state index contributed by atoms with van der Waals surface area (Å²) in [5, 5.41) is 17.9. The summed E-state index contributed by atoms with van der Waals surface area (Å²) < 4.78 is 23.9. The van der Waals surface area contributed by atoms with Crippen LogP contribution in [0.25, 0.3) is 0 Å². The molecule has 0 saturated carbocycles. The molecule has 0 aromatic carbocycles. The van der Waals surface area contributed by atoms with Gasteiger partial charge in [0.25, 0.3) is 0 Å². The van der Waals surface area contributed by atoms with E-state index in [2.05, 4.69) is 0 Å². The Morgan fingerprint density at radius 3 is 2.13 bits per heavy atom. The highest BCUT2D eigenvalue weighted by Gasteiger charge is 2.28. The first-order valence-electron chi connectivity index (χ1n) is 4.50. The molecule has 0 bridgehead atoms. The second-order valence-electron chi connectivity index (χ2n) is 3.89. The number of hydrogen-bond donors (Lipinski definition) is 2. The lowest BCUT2D eigenvalue weighted by molar-refractivity contribution is -0.134. The van der Waals surface area contributed by atoms with Crippen molar-refractivity contribution in [2.45, 2.75) is 26.4 Å². The van der Waals surface area contributed by atoms with E-state index in [1.807, 2.05) is 0 Å². The first-order valence-corrected chi connectivity index (χ1v) is 6.11. The molecular weight excluding hydrogens is 222 g/mol. The largest absolute Gasteiger partial charge is 0.480 e. The Morgan fingerprint density at radius 2 is 1.87 bits per heavy atom. The highest BCUT2D eigenvalue weighted by molar-refractivity contribution is 7.89. The summed E-state index contributed by atoms with van der Waals surface area (Å²) in [6, 6.07) is 0. The first kappa shape index (κ1) is 14.3. The molecule has 0 atom stereocenters. The van der Waals surface area contributed by atoms with Crippen molar-refractivity contribution in [2.24, 2.45) is 0 Å². The van der Waals surface area contributed by atoms with Crippen LogP contribution in [0, 0.1) is 0 Å². The van der Waals surface area contributed by atoms with Gasteiger partial charge >= 0.3 is 5.97 Å². The number of aliphatic hydroxyl groups is 1. The Morgan fingerprint density at radius 1 is 1.40 bits per heavy atom. The van der Waals surface area contributed by atoms with E-state index in [1.54, 1.807) is 6.92 Å². The van der Waals surface area contributed by atoms with Crippen molar-refractivity contribution in [1.29, 1.82) is 0 Å². The molecule has 2 N–H and O–H groups in total. The van der Waals surface area contributed by atoms with Crippen molar-refractivity contribution in [3.8, 4) is 0 Å². The van der Waals surface area contributed by atoms with Crippen LogP contribution in [0.15, 0.2) is 0 Å². The van der Waals surface area contributed by atoms with Crippen molar-refractivity contribution in [3.63, 3.8) is 0 Å². The number of likely N-dealkylation sites (N-methyl/N-ethyl adjacent to an activating group) is 1. The Labute approximate surface area is 89.6 Å². The van der Waals surface area contributed by atoms with Crippen molar-refractivity contribution in [3.05, 3.63) is 0 Å². The van der Waals surface area contributed by atoms with Gasteiger partial charge in [0.1, 0.15) is 0 Å². The number of carbonyl (C=O) groups is 1. The van der Waals surface area contributed by atoms with Crippen LogP contribution >= 0.6 is 0 Å². The standard InChI is InChI=1S/C8H17NO5S/c1-4-9(6-8(2,3)12)15(13,14)5-7(10)11/h12H,4-6H2,1-3H3,(H,10,11). The Hall–Kier alpha value is -0.660. The van der Waals surface area contributed by atoms with Gasteiger partial charge in [-0.05, 0) is 13.8 Å². The minimum atomic E-state index is -3.83. The molecule has 0 unspecified atom stereocenters. The van der Waals surface area contributed by atoms with E-state index in [1.165, 1.54) is 13.8 Å². The summed E-state index contributed by atoms with van der Waals surface area (Å²) in [6.07, 6.45) is 0. The van der Waals surface area contributed by atoms with Crippen molar-refractivity contribution in [2.75, 3.05) is 18.8 Å². The van der Waals surface area contributed by atoms with Crippen LogP contribution in [0.3, 0.4) is 0 Å². The summed E-state index contributed by atoms with van der Waals surface area (Å²) in [4.78, 5) is 10.3. The maximum atomic E-state index is 11.5. The van der Waals surface area contributed by atoms with Crippen molar-refractivity contribution >= 4 is 16.0 Å². The highest BCUT2D eigenvalue weighted by Crippen LogP contribution is 2.09. The molecule has 0 fully saturated rings. The number of nitrogens with zero attached hydrogens (tertiary/aromatic N) is 1. The first-order chi connectivity index (χ1) is 6.58. The summed E-state index contributed by atoms with van der Waals surface area (Å²) >= 11 is 0. The molecule has 0 aliphatic carbocycles. The Bertz CT molecular complexity index is 316. The molecule has 0 aliphatic rings.